The Hall–Kier alpha value is -4.49. The van der Waals surface area contributed by atoms with Gasteiger partial charge in [0.2, 0.25) is 5.88 Å². The fourth-order valence-electron chi connectivity index (χ4n) is 3.73. The molecule has 0 atom stereocenters. The third kappa shape index (κ3) is 4.00. The zero-order valence-corrected chi connectivity index (χ0v) is 18.6. The van der Waals surface area contributed by atoms with Crippen molar-refractivity contribution in [1.29, 1.82) is 0 Å². The molecule has 166 valence electrons. The van der Waals surface area contributed by atoms with E-state index in [2.05, 4.69) is 4.98 Å². The van der Waals surface area contributed by atoms with Gasteiger partial charge >= 0.3 is 0 Å². The molecule has 1 heterocycles. The molecule has 5 rings (SSSR count). The summed E-state index contributed by atoms with van der Waals surface area (Å²) >= 11 is 5.30. The first-order chi connectivity index (χ1) is 16.5. The summed E-state index contributed by atoms with van der Waals surface area (Å²) in [5, 5.41) is 11.0. The predicted octanol–water partition coefficient (Wildman–Crippen LogP) is 5.69. The van der Waals surface area contributed by atoms with Gasteiger partial charge in [0.1, 0.15) is 17.1 Å². The van der Waals surface area contributed by atoms with E-state index in [4.69, 9.17) is 17.0 Å². The molecule has 0 unspecified atom stereocenters. The Balaban J connectivity index is 1.52. The van der Waals surface area contributed by atoms with Gasteiger partial charge in [-0.05, 0) is 60.3 Å². The largest absolute Gasteiger partial charge is 0.494 e. The molecule has 7 heteroatoms. The SMILES string of the molecule is O=C1C(=Cc2c(O)n(-c3ccc(Oc4ccccc4)cc3)c(=S)[nH]c2=O)C=Cc2ccccc21. The minimum atomic E-state index is -0.588. The smallest absolute Gasteiger partial charge is 0.262 e. The average molecular weight is 467 g/mol. The van der Waals surface area contributed by atoms with Crippen molar-refractivity contribution in [3.8, 4) is 23.1 Å². The number of rotatable bonds is 4. The summed E-state index contributed by atoms with van der Waals surface area (Å²) in [7, 11) is 0. The lowest BCUT2D eigenvalue weighted by atomic mass is 9.92. The fraction of sp³-hybridized carbons (Fsp3) is 0. The predicted molar refractivity (Wildman–Crippen MR) is 133 cm³/mol. The molecule has 0 spiro atoms. The van der Waals surface area contributed by atoms with E-state index in [1.807, 2.05) is 42.5 Å². The lowest BCUT2D eigenvalue weighted by molar-refractivity contribution is 0.103. The van der Waals surface area contributed by atoms with Gasteiger partial charge in [0, 0.05) is 11.1 Å². The van der Waals surface area contributed by atoms with Crippen LogP contribution in [-0.2, 0) is 0 Å². The Morgan fingerprint density at radius 2 is 1.53 bits per heavy atom. The maximum atomic E-state index is 12.9. The molecular weight excluding hydrogens is 448 g/mol. The number of carbonyl (C=O) groups excluding carboxylic acids is 1. The molecule has 1 aliphatic carbocycles. The van der Waals surface area contributed by atoms with Crippen LogP contribution in [0.25, 0.3) is 17.8 Å². The van der Waals surface area contributed by atoms with Crippen LogP contribution in [0.15, 0.2) is 95.3 Å². The quantitative estimate of drug-likeness (QED) is 0.298. The van der Waals surface area contributed by atoms with Crippen molar-refractivity contribution >= 4 is 30.2 Å². The van der Waals surface area contributed by atoms with Crippen LogP contribution in [0.5, 0.6) is 17.4 Å². The Kier molecular flexibility index (Phi) is 5.53. The summed E-state index contributed by atoms with van der Waals surface area (Å²) in [6, 6.07) is 23.4. The topological polar surface area (TPSA) is 84.3 Å². The van der Waals surface area contributed by atoms with E-state index in [-0.39, 0.29) is 27.6 Å². The van der Waals surface area contributed by atoms with E-state index in [0.29, 0.717) is 22.7 Å². The maximum Gasteiger partial charge on any atom is 0.262 e. The number of hydrogen-bond donors (Lipinski definition) is 2. The van der Waals surface area contributed by atoms with E-state index >= 15 is 0 Å². The van der Waals surface area contributed by atoms with Gasteiger partial charge in [-0.1, -0.05) is 54.6 Å². The highest BCUT2D eigenvalue weighted by molar-refractivity contribution is 7.71. The number of H-pyrrole nitrogens is 1. The second kappa shape index (κ2) is 8.80. The van der Waals surface area contributed by atoms with Crippen molar-refractivity contribution in [2.24, 2.45) is 0 Å². The van der Waals surface area contributed by atoms with Gasteiger partial charge in [0.15, 0.2) is 10.6 Å². The number of Topliss-reactive ketones (excluding diaryl/α,β-unsaturated/α-hetero) is 1. The maximum absolute atomic E-state index is 12.9. The second-order valence-corrected chi connectivity index (χ2v) is 7.98. The molecule has 34 heavy (non-hydrogen) atoms. The molecule has 3 aromatic carbocycles. The molecule has 2 N–H and O–H groups in total. The third-order valence-electron chi connectivity index (χ3n) is 5.40. The van der Waals surface area contributed by atoms with Crippen LogP contribution in [0.2, 0.25) is 0 Å². The van der Waals surface area contributed by atoms with Gasteiger partial charge in [-0.2, -0.15) is 0 Å². The molecule has 0 bridgehead atoms. The second-order valence-electron chi connectivity index (χ2n) is 7.59. The summed E-state index contributed by atoms with van der Waals surface area (Å²) in [5.41, 5.74) is 1.50. The molecule has 1 aliphatic rings. The number of hydrogen-bond acceptors (Lipinski definition) is 5. The Labute approximate surface area is 199 Å². The molecule has 4 aromatic rings. The van der Waals surface area contributed by atoms with Crippen LogP contribution >= 0.6 is 12.2 Å². The first-order valence-corrected chi connectivity index (χ1v) is 10.9. The molecule has 0 fully saturated rings. The molecule has 0 saturated carbocycles. The number of para-hydroxylation sites is 1. The van der Waals surface area contributed by atoms with Crippen LogP contribution in [0.4, 0.5) is 0 Å². The molecule has 1 aromatic heterocycles. The van der Waals surface area contributed by atoms with Gasteiger partial charge in [-0.25, -0.2) is 0 Å². The summed E-state index contributed by atoms with van der Waals surface area (Å²) in [6.07, 6.45) is 4.81. The van der Waals surface area contributed by atoms with Crippen molar-refractivity contribution in [3.63, 3.8) is 0 Å². The number of allylic oxidation sites excluding steroid dienone is 2. The van der Waals surface area contributed by atoms with Crippen molar-refractivity contribution in [3.05, 3.63) is 122 Å². The molecule has 0 aliphatic heterocycles. The first kappa shape index (κ1) is 21.4. The Morgan fingerprint density at radius 1 is 0.853 bits per heavy atom. The summed E-state index contributed by atoms with van der Waals surface area (Å²) in [6.45, 7) is 0. The number of aromatic nitrogens is 2. The average Bonchev–Trinajstić information content (AvgIpc) is 2.85. The number of ketones is 1. The Bertz CT molecular complexity index is 1580. The van der Waals surface area contributed by atoms with Crippen molar-refractivity contribution < 1.29 is 14.6 Å². The normalized spacial score (nSPS) is 13.6. The number of fused-ring (bicyclic) bond motifs is 1. The molecule has 0 radical (unpaired) electrons. The summed E-state index contributed by atoms with van der Waals surface area (Å²) < 4.78 is 7.16. The minimum absolute atomic E-state index is 0.0252. The van der Waals surface area contributed by atoms with Crippen LogP contribution in [-0.4, -0.2) is 20.4 Å². The monoisotopic (exact) mass is 466 g/mol. The van der Waals surface area contributed by atoms with E-state index in [1.165, 1.54) is 10.6 Å². The van der Waals surface area contributed by atoms with Crippen molar-refractivity contribution in [2.45, 2.75) is 0 Å². The fourth-order valence-corrected chi connectivity index (χ4v) is 4.01. The standard InChI is InChI=1S/C27H18N2O4S/c30-24-18(11-10-17-6-4-5-9-22(17)24)16-23-25(31)28-27(34)29(26(23)32)19-12-14-21(15-13-19)33-20-7-2-1-3-8-20/h1-16,32H,(H,28,31,34). The molecule has 6 nitrogen and oxygen atoms in total. The lowest BCUT2D eigenvalue weighted by Gasteiger charge is -2.14. The molecule has 0 amide bonds. The molecule has 0 saturated heterocycles. The number of aromatic hydroxyl groups is 1. The van der Waals surface area contributed by atoms with E-state index in [0.717, 1.165) is 5.56 Å². The van der Waals surface area contributed by atoms with Gasteiger partial charge in [0.05, 0.1) is 5.69 Å². The number of nitrogens with one attached hydrogen (secondary N) is 1. The van der Waals surface area contributed by atoms with Crippen LogP contribution in [0, 0.1) is 4.77 Å². The minimum Gasteiger partial charge on any atom is -0.494 e. The molecular formula is C27H18N2O4S. The first-order valence-electron chi connectivity index (χ1n) is 10.5. The highest BCUT2D eigenvalue weighted by Gasteiger charge is 2.20. The highest BCUT2D eigenvalue weighted by atomic mass is 32.1. The third-order valence-corrected chi connectivity index (χ3v) is 5.69. The number of nitrogens with zero attached hydrogens (tertiary/aromatic N) is 1. The van der Waals surface area contributed by atoms with E-state index in [9.17, 15) is 14.7 Å². The van der Waals surface area contributed by atoms with E-state index < -0.39 is 5.56 Å². The van der Waals surface area contributed by atoms with Crippen LogP contribution in [0.3, 0.4) is 0 Å². The van der Waals surface area contributed by atoms with Gasteiger partial charge in [-0.3, -0.25) is 19.1 Å². The van der Waals surface area contributed by atoms with Crippen LogP contribution < -0.4 is 10.3 Å². The van der Waals surface area contributed by atoms with Crippen LogP contribution in [0.1, 0.15) is 21.5 Å². The summed E-state index contributed by atoms with van der Waals surface area (Å²) in [5.74, 6) is 0.704. The zero-order valence-electron chi connectivity index (χ0n) is 17.8. The number of benzene rings is 3. The number of ether oxygens (including phenoxy) is 1. The van der Waals surface area contributed by atoms with Crippen molar-refractivity contribution in [2.75, 3.05) is 0 Å². The van der Waals surface area contributed by atoms with Gasteiger partial charge in [-0.15, -0.1) is 0 Å². The lowest BCUT2D eigenvalue weighted by Crippen LogP contribution is -2.17. The van der Waals surface area contributed by atoms with Gasteiger partial charge in [0.25, 0.3) is 5.56 Å². The summed E-state index contributed by atoms with van der Waals surface area (Å²) in [4.78, 5) is 28.1. The Morgan fingerprint density at radius 3 is 2.29 bits per heavy atom. The van der Waals surface area contributed by atoms with Gasteiger partial charge < -0.3 is 9.84 Å². The van der Waals surface area contributed by atoms with E-state index in [1.54, 1.807) is 48.6 Å². The zero-order chi connectivity index (χ0) is 23.7. The number of aromatic amines is 1. The van der Waals surface area contributed by atoms with Crippen molar-refractivity contribution in [1.82, 2.24) is 9.55 Å². The number of carbonyl (C=O) groups is 1. The highest BCUT2D eigenvalue weighted by Crippen LogP contribution is 2.28.